The molecule has 0 fully saturated rings. The number of benzene rings is 2. The number of nitrogens with zero attached hydrogens (tertiary/aromatic N) is 1. The van der Waals surface area contributed by atoms with Crippen molar-refractivity contribution in [1.82, 2.24) is 16.0 Å². The molecule has 0 radical (unpaired) electrons. The molecule has 8 heteroatoms. The lowest BCUT2D eigenvalue weighted by molar-refractivity contribution is -0.120. The SMILES string of the molecule is CCOc1cc(CCCNC(=NC)NCCNC(=O)Cc2cccc(F)c2)ccc1OC. The van der Waals surface area contributed by atoms with Gasteiger partial charge in [-0.25, -0.2) is 4.39 Å². The number of amides is 1. The van der Waals surface area contributed by atoms with Gasteiger partial charge < -0.3 is 25.4 Å². The summed E-state index contributed by atoms with van der Waals surface area (Å²) >= 11 is 0. The first kappa shape index (κ1) is 25.0. The zero-order chi connectivity index (χ0) is 23.2. The molecule has 0 aliphatic rings. The molecule has 0 atom stereocenters. The number of rotatable bonds is 12. The number of aryl methyl sites for hydroxylation is 1. The predicted octanol–water partition coefficient (Wildman–Crippen LogP) is 2.69. The van der Waals surface area contributed by atoms with Gasteiger partial charge in [0.25, 0.3) is 0 Å². The van der Waals surface area contributed by atoms with Gasteiger partial charge in [0.1, 0.15) is 5.82 Å². The predicted molar refractivity (Wildman–Crippen MR) is 125 cm³/mol. The molecule has 7 nitrogen and oxygen atoms in total. The summed E-state index contributed by atoms with van der Waals surface area (Å²) in [5.74, 6) is 1.69. The lowest BCUT2D eigenvalue weighted by Gasteiger charge is -2.13. The third-order valence-corrected chi connectivity index (χ3v) is 4.68. The molecule has 0 aliphatic heterocycles. The number of carbonyl (C=O) groups is 1. The molecule has 32 heavy (non-hydrogen) atoms. The van der Waals surface area contributed by atoms with E-state index in [9.17, 15) is 9.18 Å². The van der Waals surface area contributed by atoms with Gasteiger partial charge in [0, 0.05) is 26.7 Å². The number of methoxy groups -OCH3 is 1. The number of halogens is 1. The van der Waals surface area contributed by atoms with E-state index in [1.807, 2.05) is 25.1 Å². The highest BCUT2D eigenvalue weighted by molar-refractivity contribution is 5.80. The Morgan fingerprint density at radius 1 is 1.00 bits per heavy atom. The largest absolute Gasteiger partial charge is 0.493 e. The summed E-state index contributed by atoms with van der Waals surface area (Å²) in [6, 6.07) is 12.0. The summed E-state index contributed by atoms with van der Waals surface area (Å²) < 4.78 is 24.1. The summed E-state index contributed by atoms with van der Waals surface area (Å²) in [5, 5.41) is 9.24. The van der Waals surface area contributed by atoms with Crippen molar-refractivity contribution in [2.24, 2.45) is 4.99 Å². The van der Waals surface area contributed by atoms with E-state index < -0.39 is 0 Å². The van der Waals surface area contributed by atoms with E-state index in [4.69, 9.17) is 9.47 Å². The number of carbonyl (C=O) groups excluding carboxylic acids is 1. The van der Waals surface area contributed by atoms with Crippen LogP contribution in [0.4, 0.5) is 4.39 Å². The number of hydrogen-bond donors (Lipinski definition) is 3. The van der Waals surface area contributed by atoms with Crippen LogP contribution in [0.3, 0.4) is 0 Å². The zero-order valence-corrected chi connectivity index (χ0v) is 19.0. The fourth-order valence-electron chi connectivity index (χ4n) is 3.14. The van der Waals surface area contributed by atoms with Gasteiger partial charge in [-0.15, -0.1) is 0 Å². The molecule has 0 heterocycles. The van der Waals surface area contributed by atoms with Crippen LogP contribution in [0.1, 0.15) is 24.5 Å². The maximum absolute atomic E-state index is 13.2. The molecule has 2 aromatic rings. The van der Waals surface area contributed by atoms with Crippen molar-refractivity contribution >= 4 is 11.9 Å². The molecule has 3 N–H and O–H groups in total. The fourth-order valence-corrected chi connectivity index (χ4v) is 3.14. The minimum atomic E-state index is -0.339. The summed E-state index contributed by atoms with van der Waals surface area (Å²) in [6.07, 6.45) is 1.97. The van der Waals surface area contributed by atoms with E-state index in [0.717, 1.165) is 30.9 Å². The van der Waals surface area contributed by atoms with Crippen LogP contribution in [0.5, 0.6) is 11.5 Å². The first-order valence-corrected chi connectivity index (χ1v) is 10.8. The molecule has 0 saturated heterocycles. The lowest BCUT2D eigenvalue weighted by Crippen LogP contribution is -2.42. The minimum Gasteiger partial charge on any atom is -0.493 e. The first-order chi connectivity index (χ1) is 15.5. The minimum absolute atomic E-state index is 0.147. The molecular formula is C24H33FN4O3. The highest BCUT2D eigenvalue weighted by Gasteiger charge is 2.06. The lowest BCUT2D eigenvalue weighted by atomic mass is 10.1. The average molecular weight is 445 g/mol. The van der Waals surface area contributed by atoms with E-state index in [0.29, 0.717) is 31.2 Å². The zero-order valence-electron chi connectivity index (χ0n) is 19.0. The molecule has 2 rings (SSSR count). The van der Waals surface area contributed by atoms with Crippen LogP contribution in [0.15, 0.2) is 47.5 Å². The molecule has 0 unspecified atom stereocenters. The molecule has 174 valence electrons. The van der Waals surface area contributed by atoms with E-state index in [1.165, 1.54) is 17.7 Å². The Morgan fingerprint density at radius 2 is 1.78 bits per heavy atom. The number of hydrogen-bond acceptors (Lipinski definition) is 4. The number of aliphatic imine (C=N–C) groups is 1. The van der Waals surface area contributed by atoms with Crippen molar-refractivity contribution in [2.75, 3.05) is 40.4 Å². The van der Waals surface area contributed by atoms with Crippen LogP contribution in [-0.4, -0.2) is 52.3 Å². The van der Waals surface area contributed by atoms with Crippen LogP contribution >= 0.6 is 0 Å². The maximum atomic E-state index is 13.2. The van der Waals surface area contributed by atoms with E-state index in [2.05, 4.69) is 20.9 Å². The number of nitrogens with one attached hydrogen (secondary N) is 3. The second-order valence-corrected chi connectivity index (χ2v) is 7.10. The quantitative estimate of drug-likeness (QED) is 0.266. The summed E-state index contributed by atoms with van der Waals surface area (Å²) in [4.78, 5) is 16.2. The average Bonchev–Trinajstić information content (AvgIpc) is 2.78. The maximum Gasteiger partial charge on any atom is 0.224 e. The van der Waals surface area contributed by atoms with Crippen molar-refractivity contribution in [3.63, 3.8) is 0 Å². The Hall–Kier alpha value is -3.29. The van der Waals surface area contributed by atoms with Crippen LogP contribution < -0.4 is 25.4 Å². The third kappa shape index (κ3) is 8.83. The summed E-state index contributed by atoms with van der Waals surface area (Å²) in [5.41, 5.74) is 1.83. The molecule has 1 amide bonds. The Bertz CT molecular complexity index is 889. The molecule has 0 bridgehead atoms. The Labute approximate surface area is 189 Å². The van der Waals surface area contributed by atoms with Crippen molar-refractivity contribution < 1.29 is 18.7 Å². The van der Waals surface area contributed by atoms with Crippen LogP contribution in [0.2, 0.25) is 0 Å². The molecule has 0 spiro atoms. The Kier molecular flexibility index (Phi) is 10.8. The van der Waals surface area contributed by atoms with Crippen LogP contribution in [0.25, 0.3) is 0 Å². The molecule has 0 aromatic heterocycles. The topological polar surface area (TPSA) is 84.0 Å². The monoisotopic (exact) mass is 444 g/mol. The van der Waals surface area contributed by atoms with Gasteiger partial charge in [0.05, 0.1) is 20.1 Å². The van der Waals surface area contributed by atoms with Gasteiger partial charge in [-0.1, -0.05) is 18.2 Å². The smallest absolute Gasteiger partial charge is 0.224 e. The highest BCUT2D eigenvalue weighted by Crippen LogP contribution is 2.28. The van der Waals surface area contributed by atoms with Gasteiger partial charge in [-0.3, -0.25) is 9.79 Å². The molecular weight excluding hydrogens is 411 g/mol. The highest BCUT2D eigenvalue weighted by atomic mass is 19.1. The van der Waals surface area contributed by atoms with Gasteiger partial charge in [-0.05, 0) is 55.2 Å². The van der Waals surface area contributed by atoms with Crippen LogP contribution in [0, 0.1) is 5.82 Å². The summed E-state index contributed by atoms with van der Waals surface area (Å²) in [6.45, 7) is 4.27. The molecule has 0 saturated carbocycles. The van der Waals surface area contributed by atoms with Gasteiger partial charge in [0.15, 0.2) is 17.5 Å². The second-order valence-electron chi connectivity index (χ2n) is 7.10. The van der Waals surface area contributed by atoms with Crippen molar-refractivity contribution in [3.05, 3.63) is 59.4 Å². The van der Waals surface area contributed by atoms with Crippen molar-refractivity contribution in [1.29, 1.82) is 0 Å². The first-order valence-electron chi connectivity index (χ1n) is 10.8. The van der Waals surface area contributed by atoms with Crippen molar-refractivity contribution in [3.8, 4) is 11.5 Å². The van der Waals surface area contributed by atoms with E-state index >= 15 is 0 Å². The van der Waals surface area contributed by atoms with Gasteiger partial charge in [-0.2, -0.15) is 0 Å². The number of guanidine groups is 1. The van der Waals surface area contributed by atoms with Crippen LogP contribution in [-0.2, 0) is 17.6 Å². The Morgan fingerprint density at radius 3 is 2.50 bits per heavy atom. The van der Waals surface area contributed by atoms with Gasteiger partial charge in [0.2, 0.25) is 5.91 Å². The molecule has 0 aliphatic carbocycles. The third-order valence-electron chi connectivity index (χ3n) is 4.68. The molecule has 2 aromatic carbocycles. The van der Waals surface area contributed by atoms with Gasteiger partial charge >= 0.3 is 0 Å². The Balaban J connectivity index is 1.64. The van der Waals surface area contributed by atoms with Crippen molar-refractivity contribution in [2.45, 2.75) is 26.2 Å². The number of ether oxygens (including phenoxy) is 2. The normalized spacial score (nSPS) is 11.1. The summed E-state index contributed by atoms with van der Waals surface area (Å²) in [7, 11) is 3.34. The van der Waals surface area contributed by atoms with E-state index in [-0.39, 0.29) is 18.1 Å². The second kappa shape index (κ2) is 13.9. The van der Waals surface area contributed by atoms with E-state index in [1.54, 1.807) is 26.3 Å². The standard InChI is InChI=1S/C24H33FN4O3/c1-4-32-22-16-18(10-11-21(22)31-3)8-6-12-28-24(26-2)29-14-13-27-23(30)17-19-7-5-9-20(25)15-19/h5,7,9-11,15-16H,4,6,8,12-14,17H2,1-3H3,(H,27,30)(H2,26,28,29). The fraction of sp³-hybridized carbons (Fsp3) is 0.417.